The molecular formula is C17H17ClN4O3. The molecule has 130 valence electrons. The van der Waals surface area contributed by atoms with Crippen molar-refractivity contribution in [2.24, 2.45) is 0 Å². The van der Waals surface area contributed by atoms with Crippen LogP contribution in [0.25, 0.3) is 0 Å². The Morgan fingerprint density at radius 1 is 1.36 bits per heavy atom. The summed E-state index contributed by atoms with van der Waals surface area (Å²) < 4.78 is 5.67. The normalized spacial score (nSPS) is 15.3. The molecule has 0 saturated carbocycles. The van der Waals surface area contributed by atoms with Crippen LogP contribution in [0.3, 0.4) is 0 Å². The van der Waals surface area contributed by atoms with E-state index in [0.29, 0.717) is 16.5 Å². The average molecular weight is 361 g/mol. The lowest BCUT2D eigenvalue weighted by Crippen LogP contribution is -2.54. The van der Waals surface area contributed by atoms with E-state index in [4.69, 9.17) is 22.1 Å². The number of amides is 2. The summed E-state index contributed by atoms with van der Waals surface area (Å²) in [6.07, 6.45) is 0. The van der Waals surface area contributed by atoms with Crippen LogP contribution in [0.4, 0.5) is 17.3 Å². The molecule has 1 aromatic heterocycles. The van der Waals surface area contributed by atoms with E-state index < -0.39 is 5.60 Å². The fourth-order valence-corrected chi connectivity index (χ4v) is 2.71. The lowest BCUT2D eigenvalue weighted by Gasteiger charge is -2.37. The van der Waals surface area contributed by atoms with Crippen molar-refractivity contribution >= 4 is 40.7 Å². The maximum atomic E-state index is 12.7. The highest BCUT2D eigenvalue weighted by Gasteiger charge is 2.42. The Labute approximate surface area is 149 Å². The fraction of sp³-hybridized carbons (Fsp3) is 0.235. The molecule has 3 N–H and O–H groups in total. The minimum absolute atomic E-state index is 0.221. The predicted molar refractivity (Wildman–Crippen MR) is 95.8 cm³/mol. The zero-order valence-corrected chi connectivity index (χ0v) is 14.5. The van der Waals surface area contributed by atoms with Crippen LogP contribution in [0.5, 0.6) is 5.75 Å². The van der Waals surface area contributed by atoms with Gasteiger partial charge in [0.1, 0.15) is 12.4 Å². The van der Waals surface area contributed by atoms with E-state index in [9.17, 15) is 9.59 Å². The van der Waals surface area contributed by atoms with Crippen molar-refractivity contribution in [3.63, 3.8) is 0 Å². The Balaban J connectivity index is 1.86. The molecule has 3 rings (SSSR count). The van der Waals surface area contributed by atoms with Gasteiger partial charge in [0.25, 0.3) is 5.91 Å². The summed E-state index contributed by atoms with van der Waals surface area (Å²) in [4.78, 5) is 30.5. The summed E-state index contributed by atoms with van der Waals surface area (Å²) in [5.74, 6) is 0.0952. The Hall–Kier alpha value is -2.80. The monoisotopic (exact) mass is 360 g/mol. The molecule has 8 heteroatoms. The first-order chi connectivity index (χ1) is 11.8. The number of hydrogen-bond donors (Lipinski definition) is 2. The number of nitrogens with two attached hydrogens (primary N) is 1. The Morgan fingerprint density at radius 2 is 2.12 bits per heavy atom. The van der Waals surface area contributed by atoms with Gasteiger partial charge in [0.2, 0.25) is 5.91 Å². The van der Waals surface area contributed by atoms with Gasteiger partial charge < -0.3 is 15.8 Å². The van der Waals surface area contributed by atoms with E-state index in [2.05, 4.69) is 10.3 Å². The van der Waals surface area contributed by atoms with Gasteiger partial charge in [0.15, 0.2) is 17.2 Å². The Kier molecular flexibility index (Phi) is 4.26. The topological polar surface area (TPSA) is 97.6 Å². The molecule has 1 aliphatic heterocycles. The quantitative estimate of drug-likeness (QED) is 0.876. The summed E-state index contributed by atoms with van der Waals surface area (Å²) in [6, 6.07) is 9.96. The van der Waals surface area contributed by atoms with Gasteiger partial charge >= 0.3 is 0 Å². The van der Waals surface area contributed by atoms with Gasteiger partial charge in [0, 0.05) is 10.7 Å². The lowest BCUT2D eigenvalue weighted by atomic mass is 10.1. The summed E-state index contributed by atoms with van der Waals surface area (Å²) >= 11 is 5.91. The molecule has 0 aliphatic carbocycles. The van der Waals surface area contributed by atoms with Crippen molar-refractivity contribution in [2.75, 3.05) is 22.5 Å². The van der Waals surface area contributed by atoms with Gasteiger partial charge in [-0.15, -0.1) is 0 Å². The van der Waals surface area contributed by atoms with Crippen molar-refractivity contribution in [1.82, 2.24) is 4.98 Å². The largest absolute Gasteiger partial charge is 0.474 e. The number of pyridine rings is 1. The van der Waals surface area contributed by atoms with Crippen LogP contribution in [0.2, 0.25) is 5.02 Å². The standard InChI is InChI=1S/C17H17ClN4O3/c1-17(2)16(24)22(15-12(25-17)6-7-13(19)21-15)9-14(23)20-11-5-3-4-10(18)8-11/h3-8H,9H2,1-2H3,(H2,19,21)(H,20,23). The van der Waals surface area contributed by atoms with Gasteiger partial charge in [0.05, 0.1) is 0 Å². The number of ether oxygens (including phenoxy) is 1. The van der Waals surface area contributed by atoms with E-state index in [0.717, 1.165) is 0 Å². The maximum Gasteiger partial charge on any atom is 0.272 e. The molecule has 1 aliphatic rings. The lowest BCUT2D eigenvalue weighted by molar-refractivity contribution is -0.133. The molecular weight excluding hydrogens is 344 g/mol. The van der Waals surface area contributed by atoms with Crippen LogP contribution >= 0.6 is 11.6 Å². The van der Waals surface area contributed by atoms with Crippen LogP contribution in [0.1, 0.15) is 13.8 Å². The third-order valence-corrected chi connectivity index (χ3v) is 3.89. The first-order valence-electron chi connectivity index (χ1n) is 7.59. The summed E-state index contributed by atoms with van der Waals surface area (Å²) in [5.41, 5.74) is 5.14. The highest BCUT2D eigenvalue weighted by Crippen LogP contribution is 2.36. The number of anilines is 3. The molecule has 7 nitrogen and oxygen atoms in total. The second-order valence-electron chi connectivity index (χ2n) is 6.12. The highest BCUT2D eigenvalue weighted by molar-refractivity contribution is 6.30. The second kappa shape index (κ2) is 6.25. The molecule has 0 fully saturated rings. The Morgan fingerprint density at radius 3 is 2.84 bits per heavy atom. The molecule has 0 bridgehead atoms. The zero-order valence-electron chi connectivity index (χ0n) is 13.7. The summed E-state index contributed by atoms with van der Waals surface area (Å²) in [6.45, 7) is 3.05. The number of aromatic nitrogens is 1. The van der Waals surface area contributed by atoms with E-state index in [1.807, 2.05) is 0 Å². The number of hydrogen-bond acceptors (Lipinski definition) is 5. The minimum atomic E-state index is -1.11. The number of carbonyl (C=O) groups is 2. The highest BCUT2D eigenvalue weighted by atomic mass is 35.5. The average Bonchev–Trinajstić information content (AvgIpc) is 2.52. The van der Waals surface area contributed by atoms with Crippen molar-refractivity contribution < 1.29 is 14.3 Å². The van der Waals surface area contributed by atoms with Gasteiger partial charge in [-0.05, 0) is 44.2 Å². The van der Waals surface area contributed by atoms with Gasteiger partial charge in [-0.2, -0.15) is 0 Å². The van der Waals surface area contributed by atoms with Crippen LogP contribution in [-0.4, -0.2) is 28.9 Å². The first kappa shape index (κ1) is 17.0. The number of nitrogen functional groups attached to an aromatic ring is 1. The van der Waals surface area contributed by atoms with Crippen LogP contribution < -0.4 is 20.7 Å². The van der Waals surface area contributed by atoms with E-state index in [-0.39, 0.29) is 30.0 Å². The van der Waals surface area contributed by atoms with E-state index in [1.54, 1.807) is 50.2 Å². The summed E-state index contributed by atoms with van der Waals surface area (Å²) in [5, 5.41) is 3.21. The number of halogens is 1. The van der Waals surface area contributed by atoms with Gasteiger partial charge in [-0.3, -0.25) is 14.5 Å². The smallest absolute Gasteiger partial charge is 0.272 e. The molecule has 0 unspecified atom stereocenters. The number of benzene rings is 1. The maximum absolute atomic E-state index is 12.7. The molecule has 25 heavy (non-hydrogen) atoms. The van der Waals surface area contributed by atoms with Crippen molar-refractivity contribution in [3.8, 4) is 5.75 Å². The molecule has 0 saturated heterocycles. The molecule has 0 atom stereocenters. The number of nitrogens with one attached hydrogen (secondary N) is 1. The van der Waals surface area contributed by atoms with Crippen molar-refractivity contribution in [2.45, 2.75) is 19.4 Å². The minimum Gasteiger partial charge on any atom is -0.474 e. The van der Waals surface area contributed by atoms with Crippen molar-refractivity contribution in [1.29, 1.82) is 0 Å². The molecule has 0 spiro atoms. The van der Waals surface area contributed by atoms with Gasteiger partial charge in [-0.1, -0.05) is 17.7 Å². The zero-order chi connectivity index (χ0) is 18.2. The molecule has 2 aromatic rings. The van der Waals surface area contributed by atoms with E-state index >= 15 is 0 Å². The van der Waals surface area contributed by atoms with Crippen LogP contribution in [-0.2, 0) is 9.59 Å². The third kappa shape index (κ3) is 3.51. The van der Waals surface area contributed by atoms with E-state index in [1.165, 1.54) is 4.90 Å². The number of nitrogens with zero attached hydrogens (tertiary/aromatic N) is 2. The number of carbonyl (C=O) groups excluding carboxylic acids is 2. The molecule has 2 amide bonds. The number of fused-ring (bicyclic) bond motifs is 1. The molecule has 1 aromatic carbocycles. The SMILES string of the molecule is CC1(C)Oc2ccc(N)nc2N(CC(=O)Nc2cccc(Cl)c2)C1=O. The number of rotatable bonds is 3. The second-order valence-corrected chi connectivity index (χ2v) is 6.56. The molecule has 0 radical (unpaired) electrons. The van der Waals surface area contributed by atoms with Crippen molar-refractivity contribution in [3.05, 3.63) is 41.4 Å². The van der Waals surface area contributed by atoms with Crippen LogP contribution in [0, 0.1) is 0 Å². The first-order valence-corrected chi connectivity index (χ1v) is 7.97. The van der Waals surface area contributed by atoms with Gasteiger partial charge in [-0.25, -0.2) is 4.98 Å². The summed E-state index contributed by atoms with van der Waals surface area (Å²) in [7, 11) is 0. The predicted octanol–water partition coefficient (Wildman–Crippen LogP) is 2.46. The molecule has 2 heterocycles. The third-order valence-electron chi connectivity index (χ3n) is 3.65. The Bertz CT molecular complexity index is 854. The van der Waals surface area contributed by atoms with Crippen LogP contribution in [0.15, 0.2) is 36.4 Å². The fourth-order valence-electron chi connectivity index (χ4n) is 2.52.